The van der Waals surface area contributed by atoms with Gasteiger partial charge in [-0.1, -0.05) is 6.07 Å². The SMILES string of the molecule is Cc1cc(C#N)ccc1S(=O)(=O)Nc1c(Br)cccc1Br. The Hall–Kier alpha value is -1.36. The van der Waals surface area contributed by atoms with Crippen molar-refractivity contribution in [1.29, 1.82) is 5.26 Å². The standard InChI is InChI=1S/C14H10Br2N2O2S/c1-9-7-10(8-17)5-6-13(9)21(19,20)18-14-11(15)3-2-4-12(14)16/h2-7,18H,1H3. The summed E-state index contributed by atoms with van der Waals surface area (Å²) >= 11 is 6.63. The maximum absolute atomic E-state index is 12.5. The molecule has 2 aromatic rings. The molecule has 0 spiro atoms. The Bertz CT molecular complexity index is 822. The van der Waals surface area contributed by atoms with E-state index in [0.717, 1.165) is 0 Å². The lowest BCUT2D eigenvalue weighted by Gasteiger charge is -2.13. The van der Waals surface area contributed by atoms with Gasteiger partial charge in [0.25, 0.3) is 10.0 Å². The zero-order valence-electron chi connectivity index (χ0n) is 10.9. The molecule has 0 aromatic heterocycles. The van der Waals surface area contributed by atoms with Gasteiger partial charge in [0.15, 0.2) is 0 Å². The van der Waals surface area contributed by atoms with Crippen LogP contribution >= 0.6 is 31.9 Å². The molecule has 0 radical (unpaired) electrons. The summed E-state index contributed by atoms with van der Waals surface area (Å²) in [6, 6.07) is 11.7. The van der Waals surface area contributed by atoms with Crippen molar-refractivity contribution < 1.29 is 8.42 Å². The van der Waals surface area contributed by atoms with Crippen molar-refractivity contribution >= 4 is 47.6 Å². The molecule has 7 heteroatoms. The highest BCUT2D eigenvalue weighted by Gasteiger charge is 2.19. The fraction of sp³-hybridized carbons (Fsp3) is 0.0714. The molecule has 21 heavy (non-hydrogen) atoms. The van der Waals surface area contributed by atoms with Gasteiger partial charge in [-0.2, -0.15) is 5.26 Å². The summed E-state index contributed by atoms with van der Waals surface area (Å²) in [5.74, 6) is 0. The van der Waals surface area contributed by atoms with E-state index in [2.05, 4.69) is 36.6 Å². The van der Waals surface area contributed by atoms with Gasteiger partial charge >= 0.3 is 0 Å². The molecular formula is C14H10Br2N2O2S. The second kappa shape index (κ2) is 6.18. The molecule has 2 aromatic carbocycles. The summed E-state index contributed by atoms with van der Waals surface area (Å²) in [6.07, 6.45) is 0. The highest BCUT2D eigenvalue weighted by Crippen LogP contribution is 2.32. The molecule has 0 amide bonds. The van der Waals surface area contributed by atoms with E-state index >= 15 is 0 Å². The Morgan fingerprint density at radius 2 is 1.76 bits per heavy atom. The number of sulfonamides is 1. The monoisotopic (exact) mass is 428 g/mol. The van der Waals surface area contributed by atoms with Crippen LogP contribution in [0.4, 0.5) is 5.69 Å². The largest absolute Gasteiger partial charge is 0.277 e. The topological polar surface area (TPSA) is 70.0 Å². The van der Waals surface area contributed by atoms with Crippen molar-refractivity contribution in [3.63, 3.8) is 0 Å². The Labute approximate surface area is 140 Å². The van der Waals surface area contributed by atoms with Gasteiger partial charge in [-0.3, -0.25) is 4.72 Å². The van der Waals surface area contributed by atoms with E-state index in [4.69, 9.17) is 5.26 Å². The molecule has 1 N–H and O–H groups in total. The number of anilines is 1. The normalized spacial score (nSPS) is 11.0. The molecule has 0 saturated heterocycles. The summed E-state index contributed by atoms with van der Waals surface area (Å²) in [5, 5.41) is 8.84. The molecule has 0 saturated carbocycles. The third-order valence-corrected chi connectivity index (χ3v) is 5.62. The number of aryl methyl sites for hydroxylation is 1. The summed E-state index contributed by atoms with van der Waals surface area (Å²) in [7, 11) is -3.73. The Kier molecular flexibility index (Phi) is 4.71. The van der Waals surface area contributed by atoms with Gasteiger partial charge < -0.3 is 0 Å². The van der Waals surface area contributed by atoms with E-state index in [1.165, 1.54) is 12.1 Å². The van der Waals surface area contributed by atoms with Crippen LogP contribution in [0.25, 0.3) is 0 Å². The van der Waals surface area contributed by atoms with Crippen LogP contribution in [0.15, 0.2) is 50.2 Å². The molecule has 0 aliphatic carbocycles. The number of nitrogens with zero attached hydrogens (tertiary/aromatic N) is 1. The van der Waals surface area contributed by atoms with Gasteiger partial charge in [0.2, 0.25) is 0 Å². The molecule has 108 valence electrons. The molecule has 0 aliphatic rings. The quantitative estimate of drug-likeness (QED) is 0.794. The minimum atomic E-state index is -3.73. The van der Waals surface area contributed by atoms with E-state index < -0.39 is 10.0 Å². The second-order valence-corrected chi connectivity index (χ2v) is 7.65. The van der Waals surface area contributed by atoms with Crippen LogP contribution in [0.2, 0.25) is 0 Å². The fourth-order valence-electron chi connectivity index (χ4n) is 1.81. The first kappa shape index (κ1) is 16.0. The lowest BCUT2D eigenvalue weighted by atomic mass is 10.2. The molecule has 0 heterocycles. The van der Waals surface area contributed by atoms with Crippen LogP contribution in [0, 0.1) is 18.3 Å². The molecule has 0 fully saturated rings. The Morgan fingerprint density at radius 1 is 1.14 bits per heavy atom. The minimum absolute atomic E-state index is 0.143. The van der Waals surface area contributed by atoms with Crippen molar-refractivity contribution in [2.24, 2.45) is 0 Å². The van der Waals surface area contributed by atoms with Gasteiger partial charge in [-0.25, -0.2) is 8.42 Å². The van der Waals surface area contributed by atoms with E-state index in [1.807, 2.05) is 6.07 Å². The van der Waals surface area contributed by atoms with Crippen molar-refractivity contribution in [3.05, 3.63) is 56.5 Å². The molecular weight excluding hydrogens is 420 g/mol. The van der Waals surface area contributed by atoms with E-state index in [1.54, 1.807) is 31.2 Å². The van der Waals surface area contributed by atoms with E-state index in [-0.39, 0.29) is 4.90 Å². The average molecular weight is 430 g/mol. The first-order chi connectivity index (χ1) is 9.85. The average Bonchev–Trinajstić information content (AvgIpc) is 2.42. The van der Waals surface area contributed by atoms with Crippen LogP contribution in [0.1, 0.15) is 11.1 Å². The molecule has 0 atom stereocenters. The summed E-state index contributed by atoms with van der Waals surface area (Å²) in [6.45, 7) is 1.66. The predicted octanol–water partition coefficient (Wildman–Crippen LogP) is 4.19. The van der Waals surface area contributed by atoms with Crippen LogP contribution in [0.5, 0.6) is 0 Å². The fourth-order valence-corrected chi connectivity index (χ4v) is 4.59. The van der Waals surface area contributed by atoms with Crippen molar-refractivity contribution in [2.45, 2.75) is 11.8 Å². The predicted molar refractivity (Wildman–Crippen MR) is 88.5 cm³/mol. The summed E-state index contributed by atoms with van der Waals surface area (Å²) < 4.78 is 28.8. The van der Waals surface area contributed by atoms with Gasteiger partial charge in [0.1, 0.15) is 0 Å². The van der Waals surface area contributed by atoms with E-state index in [9.17, 15) is 8.42 Å². The molecule has 0 bridgehead atoms. The molecule has 0 unspecified atom stereocenters. The number of nitrogens with one attached hydrogen (secondary N) is 1. The third-order valence-electron chi connectivity index (χ3n) is 2.79. The lowest BCUT2D eigenvalue weighted by Crippen LogP contribution is -2.15. The van der Waals surface area contributed by atoms with Gasteiger partial charge in [0.05, 0.1) is 22.2 Å². The number of nitriles is 1. The van der Waals surface area contributed by atoms with E-state index in [0.29, 0.717) is 25.8 Å². The minimum Gasteiger partial charge on any atom is -0.277 e. The summed E-state index contributed by atoms with van der Waals surface area (Å²) in [4.78, 5) is 0.143. The number of hydrogen-bond donors (Lipinski definition) is 1. The lowest BCUT2D eigenvalue weighted by molar-refractivity contribution is 0.600. The van der Waals surface area contributed by atoms with Crippen LogP contribution in [-0.4, -0.2) is 8.42 Å². The van der Waals surface area contributed by atoms with Crippen LogP contribution in [-0.2, 0) is 10.0 Å². The molecule has 2 rings (SSSR count). The zero-order valence-corrected chi connectivity index (χ0v) is 14.9. The van der Waals surface area contributed by atoms with Crippen molar-refractivity contribution in [3.8, 4) is 6.07 Å². The highest BCUT2D eigenvalue weighted by molar-refractivity contribution is 9.11. The van der Waals surface area contributed by atoms with Crippen molar-refractivity contribution in [1.82, 2.24) is 0 Å². The van der Waals surface area contributed by atoms with Crippen molar-refractivity contribution in [2.75, 3.05) is 4.72 Å². The van der Waals surface area contributed by atoms with Crippen LogP contribution in [0.3, 0.4) is 0 Å². The Balaban J connectivity index is 2.47. The van der Waals surface area contributed by atoms with Gasteiger partial charge in [-0.15, -0.1) is 0 Å². The number of benzene rings is 2. The third kappa shape index (κ3) is 3.46. The number of rotatable bonds is 3. The van der Waals surface area contributed by atoms with Gasteiger partial charge in [-0.05, 0) is 74.7 Å². The Morgan fingerprint density at radius 3 is 2.29 bits per heavy atom. The number of halogens is 2. The highest BCUT2D eigenvalue weighted by atomic mass is 79.9. The maximum atomic E-state index is 12.5. The second-order valence-electron chi connectivity index (χ2n) is 4.29. The molecule has 0 aliphatic heterocycles. The maximum Gasteiger partial charge on any atom is 0.262 e. The number of hydrogen-bond acceptors (Lipinski definition) is 3. The molecule has 4 nitrogen and oxygen atoms in total. The zero-order chi connectivity index (χ0) is 15.6. The summed E-state index contributed by atoms with van der Waals surface area (Å²) in [5.41, 5.74) is 1.37. The first-order valence-corrected chi connectivity index (χ1v) is 8.89. The number of para-hydroxylation sites is 1. The smallest absolute Gasteiger partial charge is 0.262 e. The first-order valence-electron chi connectivity index (χ1n) is 5.83. The van der Waals surface area contributed by atoms with Gasteiger partial charge in [0, 0.05) is 8.95 Å². The van der Waals surface area contributed by atoms with Crippen LogP contribution < -0.4 is 4.72 Å².